The summed E-state index contributed by atoms with van der Waals surface area (Å²) in [6, 6.07) is 11.7. The molecule has 28 heavy (non-hydrogen) atoms. The minimum absolute atomic E-state index is 0.135. The summed E-state index contributed by atoms with van der Waals surface area (Å²) in [6.45, 7) is 3.27. The van der Waals surface area contributed by atoms with E-state index >= 15 is 0 Å². The highest BCUT2D eigenvalue weighted by Gasteiger charge is 2.43. The SMILES string of the molecule is Cc1nn(Cc2ccccc2)c(Cl)c1C(=O)OCC(=O)N[C@@](C)(C#N)C1CC1. The van der Waals surface area contributed by atoms with Crippen LogP contribution in [0.3, 0.4) is 0 Å². The van der Waals surface area contributed by atoms with Crippen LogP contribution < -0.4 is 5.32 Å². The van der Waals surface area contributed by atoms with Gasteiger partial charge >= 0.3 is 5.97 Å². The number of halogens is 1. The Bertz CT molecular complexity index is 931. The fourth-order valence-corrected chi connectivity index (χ4v) is 3.37. The van der Waals surface area contributed by atoms with Crippen molar-refractivity contribution in [2.75, 3.05) is 6.61 Å². The van der Waals surface area contributed by atoms with Crippen molar-refractivity contribution in [2.24, 2.45) is 5.92 Å². The normalized spacial score (nSPS) is 15.4. The molecule has 1 aromatic heterocycles. The van der Waals surface area contributed by atoms with Gasteiger partial charge in [-0.15, -0.1) is 0 Å². The van der Waals surface area contributed by atoms with Crippen LogP contribution in [0.25, 0.3) is 0 Å². The van der Waals surface area contributed by atoms with Crippen molar-refractivity contribution in [2.45, 2.75) is 38.8 Å². The third-order valence-corrected chi connectivity index (χ3v) is 5.19. The monoisotopic (exact) mass is 400 g/mol. The summed E-state index contributed by atoms with van der Waals surface area (Å²) in [5.41, 5.74) is 0.612. The van der Waals surface area contributed by atoms with Crippen LogP contribution in [0.15, 0.2) is 30.3 Å². The van der Waals surface area contributed by atoms with Gasteiger partial charge in [-0.05, 0) is 38.2 Å². The van der Waals surface area contributed by atoms with Gasteiger partial charge in [0, 0.05) is 0 Å². The Morgan fingerprint density at radius 2 is 2.07 bits per heavy atom. The molecular formula is C20H21ClN4O3. The van der Waals surface area contributed by atoms with E-state index < -0.39 is 24.0 Å². The molecule has 3 rings (SSSR count). The van der Waals surface area contributed by atoms with Crippen LogP contribution in [-0.4, -0.2) is 33.8 Å². The van der Waals surface area contributed by atoms with Gasteiger partial charge in [-0.1, -0.05) is 41.9 Å². The molecule has 1 aromatic carbocycles. The lowest BCUT2D eigenvalue weighted by molar-refractivity contribution is -0.125. The van der Waals surface area contributed by atoms with Gasteiger partial charge in [-0.2, -0.15) is 10.4 Å². The quantitative estimate of drug-likeness (QED) is 0.721. The van der Waals surface area contributed by atoms with Crippen LogP contribution in [0.2, 0.25) is 5.15 Å². The minimum atomic E-state index is -0.933. The molecular weight excluding hydrogens is 380 g/mol. The molecule has 1 aliphatic rings. The molecule has 0 unspecified atom stereocenters. The second kappa shape index (κ2) is 8.03. The van der Waals surface area contributed by atoms with Crippen molar-refractivity contribution >= 4 is 23.5 Å². The molecule has 0 saturated heterocycles. The summed E-state index contributed by atoms with van der Waals surface area (Å²) >= 11 is 6.32. The molecule has 1 atom stereocenters. The number of hydrogen-bond donors (Lipinski definition) is 1. The number of benzene rings is 1. The van der Waals surface area contributed by atoms with Crippen LogP contribution in [0.5, 0.6) is 0 Å². The number of nitriles is 1. The lowest BCUT2D eigenvalue weighted by atomic mass is 9.98. The number of nitrogens with one attached hydrogen (secondary N) is 1. The lowest BCUT2D eigenvalue weighted by Crippen LogP contribution is -2.48. The van der Waals surface area contributed by atoms with Crippen LogP contribution >= 0.6 is 11.6 Å². The predicted octanol–water partition coefficient (Wildman–Crippen LogP) is 2.86. The minimum Gasteiger partial charge on any atom is -0.452 e. The number of carbonyl (C=O) groups excluding carboxylic acids is 2. The first kappa shape index (κ1) is 19.9. The Morgan fingerprint density at radius 1 is 1.39 bits per heavy atom. The number of hydrogen-bond acceptors (Lipinski definition) is 5. The Kier molecular flexibility index (Phi) is 5.71. The summed E-state index contributed by atoms with van der Waals surface area (Å²) in [5.74, 6) is -1.10. The van der Waals surface area contributed by atoms with E-state index in [0.29, 0.717) is 12.2 Å². The number of aryl methyl sites for hydroxylation is 1. The van der Waals surface area contributed by atoms with Gasteiger partial charge in [0.25, 0.3) is 5.91 Å². The van der Waals surface area contributed by atoms with Gasteiger partial charge in [0.15, 0.2) is 6.61 Å². The zero-order chi connectivity index (χ0) is 20.3. The average molecular weight is 401 g/mol. The molecule has 1 N–H and O–H groups in total. The molecule has 146 valence electrons. The molecule has 0 aliphatic heterocycles. The van der Waals surface area contributed by atoms with E-state index in [2.05, 4.69) is 16.5 Å². The highest BCUT2D eigenvalue weighted by molar-refractivity contribution is 6.32. The molecule has 1 saturated carbocycles. The maximum Gasteiger partial charge on any atom is 0.343 e. The fraction of sp³-hybridized carbons (Fsp3) is 0.400. The summed E-state index contributed by atoms with van der Waals surface area (Å²) in [6.07, 6.45) is 1.80. The van der Waals surface area contributed by atoms with E-state index in [-0.39, 0.29) is 16.6 Å². The van der Waals surface area contributed by atoms with Gasteiger partial charge < -0.3 is 10.1 Å². The van der Waals surface area contributed by atoms with Gasteiger partial charge in [-0.3, -0.25) is 4.79 Å². The van der Waals surface area contributed by atoms with Crippen molar-refractivity contribution in [3.8, 4) is 6.07 Å². The molecule has 0 spiro atoms. The Hall–Kier alpha value is -2.85. The molecule has 1 fully saturated rings. The predicted molar refractivity (Wildman–Crippen MR) is 103 cm³/mol. The van der Waals surface area contributed by atoms with Crippen molar-refractivity contribution in [1.82, 2.24) is 15.1 Å². The van der Waals surface area contributed by atoms with E-state index in [9.17, 15) is 14.9 Å². The third kappa shape index (κ3) is 4.34. The maximum atomic E-state index is 12.4. The maximum absolute atomic E-state index is 12.4. The summed E-state index contributed by atoms with van der Waals surface area (Å²) in [7, 11) is 0. The number of amides is 1. The number of aromatic nitrogens is 2. The zero-order valence-corrected chi connectivity index (χ0v) is 16.5. The largest absolute Gasteiger partial charge is 0.452 e. The smallest absolute Gasteiger partial charge is 0.343 e. The molecule has 1 amide bonds. The van der Waals surface area contributed by atoms with Crippen LogP contribution in [0.1, 0.15) is 41.4 Å². The van der Waals surface area contributed by atoms with Gasteiger partial charge in [0.1, 0.15) is 16.3 Å². The van der Waals surface area contributed by atoms with Crippen LogP contribution in [0, 0.1) is 24.2 Å². The first-order valence-corrected chi connectivity index (χ1v) is 9.38. The second-order valence-electron chi connectivity index (χ2n) is 7.11. The second-order valence-corrected chi connectivity index (χ2v) is 7.47. The Balaban J connectivity index is 1.63. The van der Waals surface area contributed by atoms with Gasteiger partial charge in [0.2, 0.25) is 0 Å². The molecule has 2 aromatic rings. The molecule has 1 heterocycles. The standard InChI is InChI=1S/C20H21ClN4O3/c1-13-17(18(21)25(24-13)10-14-6-4-3-5-7-14)19(27)28-11-16(26)23-20(2,12-22)15-8-9-15/h3-7,15H,8-11H2,1-2H3,(H,23,26)/t20-/m0/s1. The van der Waals surface area contributed by atoms with E-state index in [1.807, 2.05) is 30.3 Å². The number of nitrogens with zero attached hydrogens (tertiary/aromatic N) is 3. The number of carbonyl (C=O) groups is 2. The summed E-state index contributed by atoms with van der Waals surface area (Å²) in [5, 5.41) is 16.4. The first-order chi connectivity index (χ1) is 13.3. The van der Waals surface area contributed by atoms with Crippen molar-refractivity contribution < 1.29 is 14.3 Å². The van der Waals surface area contributed by atoms with E-state index in [4.69, 9.17) is 16.3 Å². The first-order valence-electron chi connectivity index (χ1n) is 9.00. The topological polar surface area (TPSA) is 97.0 Å². The van der Waals surface area contributed by atoms with Crippen molar-refractivity contribution in [1.29, 1.82) is 5.26 Å². The highest BCUT2D eigenvalue weighted by Crippen LogP contribution is 2.39. The van der Waals surface area contributed by atoms with Crippen LogP contribution in [-0.2, 0) is 16.1 Å². The highest BCUT2D eigenvalue weighted by atomic mass is 35.5. The molecule has 0 radical (unpaired) electrons. The fourth-order valence-electron chi connectivity index (χ4n) is 3.06. The van der Waals surface area contributed by atoms with E-state index in [0.717, 1.165) is 18.4 Å². The summed E-state index contributed by atoms with van der Waals surface area (Å²) in [4.78, 5) is 24.5. The third-order valence-electron chi connectivity index (χ3n) is 4.80. The Morgan fingerprint density at radius 3 is 2.68 bits per heavy atom. The average Bonchev–Trinajstić information content (AvgIpc) is 3.49. The van der Waals surface area contributed by atoms with Gasteiger partial charge in [-0.25, -0.2) is 9.48 Å². The summed E-state index contributed by atoms with van der Waals surface area (Å²) < 4.78 is 6.62. The Labute approximate surface area is 168 Å². The molecule has 8 heteroatoms. The molecule has 7 nitrogen and oxygen atoms in total. The zero-order valence-electron chi connectivity index (χ0n) is 15.7. The molecule has 1 aliphatic carbocycles. The van der Waals surface area contributed by atoms with Crippen molar-refractivity contribution in [3.63, 3.8) is 0 Å². The number of esters is 1. The number of rotatable bonds is 7. The van der Waals surface area contributed by atoms with E-state index in [1.165, 1.54) is 4.68 Å². The van der Waals surface area contributed by atoms with Gasteiger partial charge in [0.05, 0.1) is 18.3 Å². The lowest BCUT2D eigenvalue weighted by Gasteiger charge is -2.22. The van der Waals surface area contributed by atoms with Crippen LogP contribution in [0.4, 0.5) is 0 Å². The number of ether oxygens (including phenoxy) is 1. The van der Waals surface area contributed by atoms with Crippen molar-refractivity contribution in [3.05, 3.63) is 52.3 Å². The van der Waals surface area contributed by atoms with E-state index in [1.54, 1.807) is 13.8 Å². The molecule has 0 bridgehead atoms.